The zero-order chi connectivity index (χ0) is 19.1. The smallest absolute Gasteiger partial charge is 0.124 e. The van der Waals surface area contributed by atoms with Gasteiger partial charge in [0, 0.05) is 11.8 Å². The first kappa shape index (κ1) is 18.6. The molecule has 1 unspecified atom stereocenters. The fraction of sp³-hybridized carbons (Fsp3) is 0.174. The van der Waals surface area contributed by atoms with Gasteiger partial charge in [-0.05, 0) is 48.4 Å². The second-order valence-corrected chi connectivity index (χ2v) is 6.19. The summed E-state index contributed by atoms with van der Waals surface area (Å²) < 4.78 is 24.7. The quantitative estimate of drug-likeness (QED) is 0.512. The van der Waals surface area contributed by atoms with E-state index in [9.17, 15) is 4.39 Å². The van der Waals surface area contributed by atoms with Crippen LogP contribution in [0.1, 0.15) is 29.7 Å². The van der Waals surface area contributed by atoms with Gasteiger partial charge >= 0.3 is 0 Å². The Labute approximate surface area is 159 Å². The summed E-state index contributed by atoms with van der Waals surface area (Å²) >= 11 is 0. The summed E-state index contributed by atoms with van der Waals surface area (Å²) in [7, 11) is 1.57. The van der Waals surface area contributed by atoms with Gasteiger partial charge in [0.1, 0.15) is 23.9 Å². The van der Waals surface area contributed by atoms with Crippen molar-refractivity contribution in [3.63, 3.8) is 0 Å². The standard InChI is InChI=1S/C23H22FNO2/c1-17(22-14-20(24)11-12-23(22)26-2)25-15-19-9-6-10-21(13-19)27-16-18-7-4-3-5-8-18/h3-15,17H,16H2,1-2H3/b25-15+. The lowest BCUT2D eigenvalue weighted by atomic mass is 10.1. The third-order valence-electron chi connectivity index (χ3n) is 4.20. The van der Waals surface area contributed by atoms with E-state index < -0.39 is 0 Å². The van der Waals surface area contributed by atoms with Crippen LogP contribution in [0.15, 0.2) is 77.8 Å². The second-order valence-electron chi connectivity index (χ2n) is 6.19. The Morgan fingerprint density at radius 1 is 1.00 bits per heavy atom. The molecular weight excluding hydrogens is 341 g/mol. The minimum absolute atomic E-state index is 0.232. The van der Waals surface area contributed by atoms with Crippen LogP contribution < -0.4 is 9.47 Å². The van der Waals surface area contributed by atoms with Crippen LogP contribution in [0.4, 0.5) is 4.39 Å². The Hall–Kier alpha value is -3.14. The van der Waals surface area contributed by atoms with Crippen molar-refractivity contribution in [2.75, 3.05) is 7.11 Å². The molecule has 3 aromatic carbocycles. The van der Waals surface area contributed by atoms with Gasteiger partial charge in [-0.2, -0.15) is 0 Å². The molecule has 0 aliphatic heterocycles. The fourth-order valence-corrected chi connectivity index (χ4v) is 2.74. The monoisotopic (exact) mass is 363 g/mol. The highest BCUT2D eigenvalue weighted by atomic mass is 19.1. The van der Waals surface area contributed by atoms with Crippen molar-refractivity contribution in [2.45, 2.75) is 19.6 Å². The van der Waals surface area contributed by atoms with Crippen LogP contribution in [0.5, 0.6) is 11.5 Å². The van der Waals surface area contributed by atoms with Crippen LogP contribution in [-0.2, 0) is 6.61 Å². The Morgan fingerprint density at radius 3 is 2.59 bits per heavy atom. The molecule has 0 spiro atoms. The Bertz CT molecular complexity index is 909. The zero-order valence-corrected chi connectivity index (χ0v) is 15.4. The van der Waals surface area contributed by atoms with Crippen molar-refractivity contribution in [1.29, 1.82) is 0 Å². The zero-order valence-electron chi connectivity index (χ0n) is 15.4. The Kier molecular flexibility index (Phi) is 6.21. The molecule has 0 aromatic heterocycles. The van der Waals surface area contributed by atoms with Crippen molar-refractivity contribution in [1.82, 2.24) is 0 Å². The lowest BCUT2D eigenvalue weighted by Gasteiger charge is -2.12. The number of hydrogen-bond donors (Lipinski definition) is 0. The van der Waals surface area contributed by atoms with E-state index in [1.807, 2.05) is 61.5 Å². The number of halogens is 1. The van der Waals surface area contributed by atoms with Gasteiger partial charge in [0.25, 0.3) is 0 Å². The molecule has 0 amide bonds. The highest BCUT2D eigenvalue weighted by Gasteiger charge is 2.11. The number of hydrogen-bond acceptors (Lipinski definition) is 3. The van der Waals surface area contributed by atoms with Crippen LogP contribution >= 0.6 is 0 Å². The molecule has 27 heavy (non-hydrogen) atoms. The minimum atomic E-state index is -0.302. The first-order valence-corrected chi connectivity index (χ1v) is 8.79. The maximum atomic E-state index is 13.6. The number of rotatable bonds is 7. The number of methoxy groups -OCH3 is 1. The Balaban J connectivity index is 1.69. The summed E-state index contributed by atoms with van der Waals surface area (Å²) in [6.07, 6.45) is 1.77. The lowest BCUT2D eigenvalue weighted by Crippen LogP contribution is -1.98. The molecule has 3 nitrogen and oxygen atoms in total. The summed E-state index contributed by atoms with van der Waals surface area (Å²) in [5.41, 5.74) is 2.75. The predicted octanol–water partition coefficient (Wildman–Crippen LogP) is 5.59. The molecule has 138 valence electrons. The van der Waals surface area contributed by atoms with Gasteiger partial charge in [0.15, 0.2) is 0 Å². The molecule has 3 rings (SSSR count). The SMILES string of the molecule is COc1ccc(F)cc1C(C)/N=C/c1cccc(OCc2ccccc2)c1. The predicted molar refractivity (Wildman–Crippen MR) is 106 cm³/mol. The highest BCUT2D eigenvalue weighted by molar-refractivity contribution is 5.80. The minimum Gasteiger partial charge on any atom is -0.496 e. The molecule has 1 atom stereocenters. The summed E-state index contributed by atoms with van der Waals surface area (Å²) in [5, 5.41) is 0. The van der Waals surface area contributed by atoms with E-state index in [1.165, 1.54) is 12.1 Å². The number of nitrogens with zero attached hydrogens (tertiary/aromatic N) is 1. The number of benzene rings is 3. The van der Waals surface area contributed by atoms with E-state index in [-0.39, 0.29) is 11.9 Å². The van der Waals surface area contributed by atoms with Gasteiger partial charge in [0.2, 0.25) is 0 Å². The molecule has 0 N–H and O–H groups in total. The average molecular weight is 363 g/mol. The fourth-order valence-electron chi connectivity index (χ4n) is 2.74. The molecular formula is C23H22FNO2. The van der Waals surface area contributed by atoms with Gasteiger partial charge in [-0.15, -0.1) is 0 Å². The van der Waals surface area contributed by atoms with Gasteiger partial charge in [0.05, 0.1) is 13.2 Å². The van der Waals surface area contributed by atoms with E-state index >= 15 is 0 Å². The topological polar surface area (TPSA) is 30.8 Å². The van der Waals surface area contributed by atoms with E-state index in [0.717, 1.165) is 16.9 Å². The van der Waals surface area contributed by atoms with Crippen LogP contribution in [0.3, 0.4) is 0 Å². The van der Waals surface area contributed by atoms with Crippen LogP contribution in [0.25, 0.3) is 0 Å². The highest BCUT2D eigenvalue weighted by Crippen LogP contribution is 2.28. The summed E-state index contributed by atoms with van der Waals surface area (Å²) in [6.45, 7) is 2.42. The van der Waals surface area contributed by atoms with Crippen molar-refractivity contribution in [3.05, 3.63) is 95.3 Å². The van der Waals surface area contributed by atoms with Crippen molar-refractivity contribution in [2.24, 2.45) is 4.99 Å². The van der Waals surface area contributed by atoms with E-state index in [0.29, 0.717) is 17.9 Å². The second kappa shape index (κ2) is 8.99. The van der Waals surface area contributed by atoms with Crippen LogP contribution in [0.2, 0.25) is 0 Å². The molecule has 0 saturated carbocycles. The molecule has 0 bridgehead atoms. The van der Waals surface area contributed by atoms with Gasteiger partial charge in [-0.3, -0.25) is 4.99 Å². The molecule has 0 radical (unpaired) electrons. The van der Waals surface area contributed by atoms with Crippen LogP contribution in [-0.4, -0.2) is 13.3 Å². The molecule has 0 aliphatic rings. The van der Waals surface area contributed by atoms with Crippen molar-refractivity contribution >= 4 is 6.21 Å². The van der Waals surface area contributed by atoms with Gasteiger partial charge < -0.3 is 9.47 Å². The van der Waals surface area contributed by atoms with Gasteiger partial charge in [-0.25, -0.2) is 4.39 Å². The van der Waals surface area contributed by atoms with Crippen molar-refractivity contribution < 1.29 is 13.9 Å². The third kappa shape index (κ3) is 5.17. The van der Waals surface area contributed by atoms with Crippen molar-refractivity contribution in [3.8, 4) is 11.5 Å². The largest absolute Gasteiger partial charge is 0.496 e. The van der Waals surface area contributed by atoms with E-state index in [2.05, 4.69) is 4.99 Å². The van der Waals surface area contributed by atoms with E-state index in [1.54, 1.807) is 19.4 Å². The first-order chi connectivity index (χ1) is 13.2. The summed E-state index contributed by atoms with van der Waals surface area (Å²) in [4.78, 5) is 4.55. The number of aliphatic imine (C=N–C) groups is 1. The van der Waals surface area contributed by atoms with Gasteiger partial charge in [-0.1, -0.05) is 42.5 Å². The summed E-state index contributed by atoms with van der Waals surface area (Å²) in [5.74, 6) is 1.10. The van der Waals surface area contributed by atoms with E-state index in [4.69, 9.17) is 9.47 Å². The maximum absolute atomic E-state index is 13.6. The normalized spacial score (nSPS) is 12.1. The van der Waals surface area contributed by atoms with Crippen LogP contribution in [0, 0.1) is 5.82 Å². The molecule has 0 fully saturated rings. The average Bonchev–Trinajstić information content (AvgIpc) is 2.71. The molecule has 0 heterocycles. The Morgan fingerprint density at radius 2 is 1.81 bits per heavy atom. The molecule has 0 saturated heterocycles. The molecule has 3 aromatic rings. The molecule has 0 aliphatic carbocycles. The summed E-state index contributed by atoms with van der Waals surface area (Å²) in [6, 6.07) is 22.0. The number of ether oxygens (including phenoxy) is 2. The lowest BCUT2D eigenvalue weighted by molar-refractivity contribution is 0.306. The molecule has 4 heteroatoms. The maximum Gasteiger partial charge on any atom is 0.124 e. The first-order valence-electron chi connectivity index (χ1n) is 8.79. The third-order valence-corrected chi connectivity index (χ3v) is 4.20.